The molecule has 3 N–H and O–H groups in total. The minimum atomic E-state index is -0.906. The Morgan fingerprint density at radius 1 is 0.854 bits per heavy atom. The summed E-state index contributed by atoms with van der Waals surface area (Å²) in [5, 5.41) is 10.5. The lowest BCUT2D eigenvalue weighted by Gasteiger charge is -2.40. The Balaban J connectivity index is 1.17. The highest BCUT2D eigenvalue weighted by Gasteiger charge is 2.46. The number of rotatable bonds is 10. The molecular weight excluding hydrogens is 508 g/mol. The molecule has 41 heavy (non-hydrogen) atoms. The van der Waals surface area contributed by atoms with Gasteiger partial charge in [0.05, 0.1) is 11.5 Å². The van der Waals surface area contributed by atoms with E-state index in [4.69, 9.17) is 10.5 Å². The van der Waals surface area contributed by atoms with E-state index in [1.807, 2.05) is 84.9 Å². The first kappa shape index (κ1) is 27.3. The maximum Gasteiger partial charge on any atom is 0.232 e. The molecule has 1 fully saturated rings. The highest BCUT2D eigenvalue weighted by molar-refractivity contribution is 5.90. The van der Waals surface area contributed by atoms with Gasteiger partial charge in [0, 0.05) is 29.8 Å². The van der Waals surface area contributed by atoms with Gasteiger partial charge < -0.3 is 15.6 Å². The lowest BCUT2D eigenvalue weighted by Crippen LogP contribution is -2.47. The van der Waals surface area contributed by atoms with Crippen LogP contribution >= 0.6 is 0 Å². The molecule has 1 amide bonds. The molecule has 6 rings (SSSR count). The zero-order valence-electron chi connectivity index (χ0n) is 23.8. The summed E-state index contributed by atoms with van der Waals surface area (Å²) in [5.41, 5.74) is 11.3. The third kappa shape index (κ3) is 5.05. The SMILES string of the molecule is CC(C)(CCC(C(N)=O)(c1ccccc1)c1ccccc1)N1CC[C@H](O[C@@H]2c3c(O)ccc(-c4ccccc4)c32)C1. The van der Waals surface area contributed by atoms with Crippen LogP contribution < -0.4 is 5.73 Å². The van der Waals surface area contributed by atoms with E-state index in [1.165, 1.54) is 0 Å². The number of nitrogens with two attached hydrogens (primary N) is 1. The monoisotopic (exact) mass is 546 g/mol. The minimum absolute atomic E-state index is 0.0684. The van der Waals surface area contributed by atoms with Crippen LogP contribution in [0, 0.1) is 0 Å². The van der Waals surface area contributed by atoms with E-state index in [0.29, 0.717) is 12.2 Å². The lowest BCUT2D eigenvalue weighted by molar-refractivity contribution is -0.122. The fraction of sp³-hybridized carbons (Fsp3) is 0.306. The molecule has 5 heteroatoms. The van der Waals surface area contributed by atoms with Gasteiger partial charge in [-0.2, -0.15) is 0 Å². The highest BCUT2D eigenvalue weighted by atomic mass is 16.5. The maximum atomic E-state index is 13.3. The van der Waals surface area contributed by atoms with Crippen LogP contribution in [-0.2, 0) is 14.9 Å². The second-order valence-corrected chi connectivity index (χ2v) is 12.0. The van der Waals surface area contributed by atoms with Crippen LogP contribution in [0.15, 0.2) is 103 Å². The Hall–Kier alpha value is -3.93. The van der Waals surface area contributed by atoms with Crippen molar-refractivity contribution in [2.24, 2.45) is 5.73 Å². The number of amides is 1. The van der Waals surface area contributed by atoms with E-state index in [2.05, 4.69) is 30.9 Å². The quantitative estimate of drug-likeness (QED) is 0.236. The van der Waals surface area contributed by atoms with Crippen molar-refractivity contribution >= 4 is 5.91 Å². The predicted molar refractivity (Wildman–Crippen MR) is 163 cm³/mol. The molecule has 1 aliphatic carbocycles. The number of hydrogen-bond donors (Lipinski definition) is 2. The van der Waals surface area contributed by atoms with Gasteiger partial charge in [-0.25, -0.2) is 0 Å². The molecule has 4 aromatic rings. The second kappa shape index (κ2) is 10.8. The topological polar surface area (TPSA) is 75.8 Å². The van der Waals surface area contributed by atoms with Crippen LogP contribution in [0.2, 0.25) is 0 Å². The third-order valence-corrected chi connectivity index (χ3v) is 9.19. The standard InChI is InChI=1S/C36H38N2O3/c1-35(2,21-22-36(34(37)40,26-14-8-4-9-15-26)27-16-10-5-11-17-27)38-23-20-28(24-38)41-33-31-29(18-19-30(39)32(31)33)25-12-6-3-7-13-25/h3-19,28,33,39H,20-24H2,1-2H3,(H2,37,40)/t28-,33-/m0/s1. The average molecular weight is 547 g/mol. The van der Waals surface area contributed by atoms with Crippen molar-refractivity contribution in [2.75, 3.05) is 13.1 Å². The van der Waals surface area contributed by atoms with Crippen LogP contribution in [0.25, 0.3) is 11.1 Å². The Kier molecular flexibility index (Phi) is 7.18. The number of fused-ring (bicyclic) bond motifs is 1. The number of nitrogens with zero attached hydrogens (tertiary/aromatic N) is 1. The Bertz CT molecular complexity index is 1480. The largest absolute Gasteiger partial charge is 0.508 e. The fourth-order valence-electron chi connectivity index (χ4n) is 6.65. The molecule has 210 valence electrons. The van der Waals surface area contributed by atoms with E-state index in [1.54, 1.807) is 6.07 Å². The van der Waals surface area contributed by atoms with Gasteiger partial charge in [-0.3, -0.25) is 9.69 Å². The second-order valence-electron chi connectivity index (χ2n) is 12.0. The molecule has 1 heterocycles. The summed E-state index contributed by atoms with van der Waals surface area (Å²) in [6.07, 6.45) is 2.22. The number of carbonyl (C=O) groups is 1. The first-order valence-corrected chi connectivity index (χ1v) is 14.5. The van der Waals surface area contributed by atoms with Crippen molar-refractivity contribution in [3.8, 4) is 16.9 Å². The van der Waals surface area contributed by atoms with E-state index in [9.17, 15) is 9.90 Å². The Morgan fingerprint density at radius 2 is 1.44 bits per heavy atom. The van der Waals surface area contributed by atoms with Crippen LogP contribution in [0.4, 0.5) is 0 Å². The summed E-state index contributed by atoms with van der Waals surface area (Å²) in [6.45, 7) is 6.22. The number of phenolic OH excluding ortho intramolecular Hbond substituents is 1. The van der Waals surface area contributed by atoms with Crippen molar-refractivity contribution in [3.63, 3.8) is 0 Å². The summed E-state index contributed by atoms with van der Waals surface area (Å²) in [7, 11) is 0. The zero-order valence-corrected chi connectivity index (χ0v) is 23.8. The number of hydrogen-bond acceptors (Lipinski definition) is 4. The number of aromatic hydroxyl groups is 1. The van der Waals surface area contributed by atoms with E-state index in [-0.39, 0.29) is 23.7 Å². The smallest absolute Gasteiger partial charge is 0.232 e. The summed E-state index contributed by atoms with van der Waals surface area (Å²) in [6, 6.07) is 33.9. The summed E-state index contributed by atoms with van der Waals surface area (Å²) < 4.78 is 6.61. The number of likely N-dealkylation sites (tertiary alicyclic amines) is 1. The molecule has 0 bridgehead atoms. The third-order valence-electron chi connectivity index (χ3n) is 9.19. The van der Waals surface area contributed by atoms with Gasteiger partial charge >= 0.3 is 0 Å². The average Bonchev–Trinajstić information content (AvgIpc) is 3.49. The van der Waals surface area contributed by atoms with E-state index in [0.717, 1.165) is 59.3 Å². The number of carbonyl (C=O) groups excluding carboxylic acids is 1. The summed E-state index contributed by atoms with van der Waals surface area (Å²) >= 11 is 0. The van der Waals surface area contributed by atoms with Gasteiger partial charge in [0.1, 0.15) is 11.9 Å². The molecule has 1 aliphatic heterocycles. The van der Waals surface area contributed by atoms with Gasteiger partial charge in [-0.15, -0.1) is 0 Å². The molecule has 5 nitrogen and oxygen atoms in total. The summed E-state index contributed by atoms with van der Waals surface area (Å²) in [5.74, 6) is -0.0154. The number of benzene rings is 4. The van der Waals surface area contributed by atoms with Crippen LogP contribution in [-0.4, -0.2) is 40.6 Å². The molecule has 0 aromatic heterocycles. The van der Waals surface area contributed by atoms with Gasteiger partial charge in [0.15, 0.2) is 0 Å². The zero-order chi connectivity index (χ0) is 28.6. The molecule has 0 spiro atoms. The first-order chi connectivity index (χ1) is 19.8. The Labute approximate surface area is 242 Å². The molecule has 4 aromatic carbocycles. The van der Waals surface area contributed by atoms with Gasteiger partial charge in [0.25, 0.3) is 0 Å². The normalized spacial score (nSPS) is 18.7. The molecule has 0 unspecified atom stereocenters. The Morgan fingerprint density at radius 3 is 2.02 bits per heavy atom. The van der Waals surface area contributed by atoms with Crippen molar-refractivity contribution in [3.05, 3.63) is 125 Å². The molecule has 1 saturated heterocycles. The first-order valence-electron chi connectivity index (χ1n) is 14.5. The number of phenols is 1. The van der Waals surface area contributed by atoms with Crippen LogP contribution in [0.3, 0.4) is 0 Å². The van der Waals surface area contributed by atoms with Crippen molar-refractivity contribution in [1.82, 2.24) is 4.90 Å². The molecule has 0 radical (unpaired) electrons. The van der Waals surface area contributed by atoms with Crippen molar-refractivity contribution < 1.29 is 14.6 Å². The number of ether oxygens (including phenoxy) is 1. The van der Waals surface area contributed by atoms with Gasteiger partial charge in [0.2, 0.25) is 5.91 Å². The van der Waals surface area contributed by atoms with Crippen LogP contribution in [0.1, 0.15) is 61.5 Å². The molecule has 2 aliphatic rings. The van der Waals surface area contributed by atoms with Crippen molar-refractivity contribution in [1.29, 1.82) is 0 Å². The highest BCUT2D eigenvalue weighted by Crippen LogP contribution is 2.55. The molecule has 2 atom stereocenters. The maximum absolute atomic E-state index is 13.3. The predicted octanol–water partition coefficient (Wildman–Crippen LogP) is 6.58. The molecule has 0 saturated carbocycles. The lowest BCUT2D eigenvalue weighted by atomic mass is 9.69. The fourth-order valence-corrected chi connectivity index (χ4v) is 6.65. The van der Waals surface area contributed by atoms with Crippen molar-refractivity contribution in [2.45, 2.75) is 56.3 Å². The van der Waals surface area contributed by atoms with E-state index < -0.39 is 5.41 Å². The van der Waals surface area contributed by atoms with Gasteiger partial charge in [-0.05, 0) is 61.4 Å². The van der Waals surface area contributed by atoms with E-state index >= 15 is 0 Å². The van der Waals surface area contributed by atoms with Gasteiger partial charge in [-0.1, -0.05) is 97.1 Å². The molecular formula is C36H38N2O3. The van der Waals surface area contributed by atoms with Crippen LogP contribution in [0.5, 0.6) is 5.75 Å². The summed E-state index contributed by atoms with van der Waals surface area (Å²) in [4.78, 5) is 15.8. The number of primary amides is 1. The minimum Gasteiger partial charge on any atom is -0.508 e.